The van der Waals surface area contributed by atoms with E-state index in [-0.39, 0.29) is 11.8 Å². The van der Waals surface area contributed by atoms with Gasteiger partial charge in [-0.2, -0.15) is 36.1 Å². The number of nitrogens with one attached hydrogen (secondary N) is 2. The highest BCUT2D eigenvalue weighted by Gasteiger charge is 2.47. The van der Waals surface area contributed by atoms with E-state index >= 15 is 0 Å². The van der Waals surface area contributed by atoms with Gasteiger partial charge in [-0.25, -0.2) is 4.68 Å². The smallest absolute Gasteiger partial charge is 0.416 e. The maximum Gasteiger partial charge on any atom is 0.416 e. The predicted octanol–water partition coefficient (Wildman–Crippen LogP) is 5.74. The highest BCUT2D eigenvalue weighted by atomic mass is 32.2. The van der Waals surface area contributed by atoms with Gasteiger partial charge >= 0.3 is 6.18 Å². The number of aromatic nitrogens is 2. The Balaban J connectivity index is 1.35. The second-order valence-corrected chi connectivity index (χ2v) is 11.1. The second-order valence-electron chi connectivity index (χ2n) is 9.68. The van der Waals surface area contributed by atoms with E-state index in [1.54, 1.807) is 10.7 Å². The lowest BCUT2D eigenvalue weighted by Crippen LogP contribution is -2.46. The molecule has 2 saturated carbocycles. The topological polar surface area (TPSA) is 85.2 Å². The maximum absolute atomic E-state index is 12.9. The molecule has 2 aliphatic carbocycles. The Labute approximate surface area is 214 Å². The Morgan fingerprint density at radius 3 is 2.41 bits per heavy atom. The van der Waals surface area contributed by atoms with Crippen LogP contribution in [0.4, 0.5) is 13.2 Å². The zero-order valence-corrected chi connectivity index (χ0v) is 21.2. The minimum atomic E-state index is -4.42. The normalized spacial score (nSPS) is 17.7. The molecule has 37 heavy (non-hydrogen) atoms. The highest BCUT2D eigenvalue weighted by molar-refractivity contribution is 7.87. The van der Waals surface area contributed by atoms with E-state index in [4.69, 9.17) is 4.74 Å². The fourth-order valence-electron chi connectivity index (χ4n) is 4.78. The monoisotopic (exact) mass is 534 g/mol. The zero-order chi connectivity index (χ0) is 26.3. The van der Waals surface area contributed by atoms with Crippen molar-refractivity contribution in [3.05, 3.63) is 65.7 Å². The zero-order valence-electron chi connectivity index (χ0n) is 20.4. The van der Waals surface area contributed by atoms with E-state index in [9.17, 15) is 21.6 Å². The molecule has 0 unspecified atom stereocenters. The summed E-state index contributed by atoms with van der Waals surface area (Å²) in [5, 5.41) is 4.60. The molecular weight excluding hydrogens is 505 g/mol. The number of benzene rings is 2. The summed E-state index contributed by atoms with van der Waals surface area (Å²) in [6, 6.07) is 13.8. The number of ether oxygens (including phenoxy) is 1. The molecule has 7 nitrogen and oxygen atoms in total. The van der Waals surface area contributed by atoms with E-state index in [0.717, 1.165) is 48.9 Å². The van der Waals surface area contributed by atoms with Crippen molar-refractivity contribution in [1.82, 2.24) is 19.2 Å². The Morgan fingerprint density at radius 1 is 1.08 bits per heavy atom. The molecule has 1 heterocycles. The lowest BCUT2D eigenvalue weighted by Gasteiger charge is -2.21. The Hall–Kier alpha value is -2.89. The number of rotatable bonds is 9. The van der Waals surface area contributed by atoms with E-state index in [1.807, 2.05) is 31.2 Å². The first-order chi connectivity index (χ1) is 17.6. The SMILES string of the molecule is CCn1nc(-c2cccc(C3(NS(=O)(=O)NC4CCCC4)CC3)c2)cc1Oc1ccc(C(F)(F)F)cc1. The summed E-state index contributed by atoms with van der Waals surface area (Å²) in [4.78, 5) is 0. The van der Waals surface area contributed by atoms with Gasteiger partial charge in [-0.3, -0.25) is 0 Å². The molecule has 0 radical (unpaired) electrons. The van der Waals surface area contributed by atoms with E-state index in [1.165, 1.54) is 12.1 Å². The van der Waals surface area contributed by atoms with E-state index < -0.39 is 27.5 Å². The first kappa shape index (κ1) is 25.7. The fraction of sp³-hybridized carbons (Fsp3) is 0.423. The summed E-state index contributed by atoms with van der Waals surface area (Å²) < 4.78 is 77.3. The number of nitrogens with zero attached hydrogens (tertiary/aromatic N) is 2. The van der Waals surface area contributed by atoms with Crippen LogP contribution in [0.2, 0.25) is 0 Å². The van der Waals surface area contributed by atoms with Gasteiger partial charge in [0.1, 0.15) is 5.75 Å². The molecule has 0 aliphatic heterocycles. The van der Waals surface area contributed by atoms with Crippen molar-refractivity contribution in [2.45, 2.75) is 69.8 Å². The van der Waals surface area contributed by atoms with E-state index in [2.05, 4.69) is 14.5 Å². The van der Waals surface area contributed by atoms with Crippen LogP contribution >= 0.6 is 0 Å². The van der Waals surface area contributed by atoms with Crippen LogP contribution in [0, 0.1) is 0 Å². The van der Waals surface area contributed by atoms with Crippen molar-refractivity contribution in [3.63, 3.8) is 0 Å². The van der Waals surface area contributed by atoms with Gasteiger partial charge in [-0.1, -0.05) is 31.0 Å². The van der Waals surface area contributed by atoms with Crippen LogP contribution in [0.3, 0.4) is 0 Å². The quantitative estimate of drug-likeness (QED) is 0.367. The lowest BCUT2D eigenvalue weighted by molar-refractivity contribution is -0.137. The Bertz CT molecular complexity index is 1360. The van der Waals surface area contributed by atoms with Gasteiger partial charge in [-0.05, 0) is 68.5 Å². The molecule has 2 aliphatic rings. The molecule has 0 spiro atoms. The highest BCUT2D eigenvalue weighted by Crippen LogP contribution is 2.47. The number of halogens is 3. The average molecular weight is 535 g/mol. The molecule has 0 amide bonds. The van der Waals surface area contributed by atoms with Crippen molar-refractivity contribution in [2.24, 2.45) is 0 Å². The third-order valence-electron chi connectivity index (χ3n) is 6.91. The van der Waals surface area contributed by atoms with Crippen molar-refractivity contribution in [3.8, 4) is 22.9 Å². The molecule has 0 bridgehead atoms. The largest absolute Gasteiger partial charge is 0.439 e. The summed E-state index contributed by atoms with van der Waals surface area (Å²) in [6.45, 7) is 2.38. The van der Waals surface area contributed by atoms with Crippen molar-refractivity contribution in [2.75, 3.05) is 0 Å². The Kier molecular flexibility index (Phi) is 6.80. The van der Waals surface area contributed by atoms with Crippen LogP contribution < -0.4 is 14.2 Å². The molecule has 0 atom stereocenters. The summed E-state index contributed by atoms with van der Waals surface area (Å²) in [5.74, 6) is 0.661. The van der Waals surface area contributed by atoms with Crippen molar-refractivity contribution < 1.29 is 26.3 Å². The van der Waals surface area contributed by atoms with Crippen LogP contribution in [0.1, 0.15) is 56.6 Å². The van der Waals surface area contributed by atoms with Gasteiger partial charge in [-0.15, -0.1) is 0 Å². The second kappa shape index (κ2) is 9.77. The van der Waals surface area contributed by atoms with Crippen LogP contribution in [-0.4, -0.2) is 24.2 Å². The molecule has 0 saturated heterocycles. The molecule has 2 N–H and O–H groups in total. The molecular formula is C26H29F3N4O3S. The molecule has 3 aromatic rings. The minimum Gasteiger partial charge on any atom is -0.439 e. The summed E-state index contributed by atoms with van der Waals surface area (Å²) in [5.41, 5.74) is 0.875. The number of hydrogen-bond acceptors (Lipinski definition) is 4. The van der Waals surface area contributed by atoms with Gasteiger partial charge < -0.3 is 4.74 Å². The Morgan fingerprint density at radius 2 is 1.78 bits per heavy atom. The van der Waals surface area contributed by atoms with Gasteiger partial charge in [0.15, 0.2) is 0 Å². The van der Waals surface area contributed by atoms with Gasteiger partial charge in [0, 0.05) is 24.2 Å². The van der Waals surface area contributed by atoms with Crippen molar-refractivity contribution >= 4 is 10.2 Å². The molecule has 2 fully saturated rings. The molecule has 2 aromatic carbocycles. The summed E-state index contributed by atoms with van der Waals surface area (Å²) >= 11 is 0. The lowest BCUT2D eigenvalue weighted by atomic mass is 10.0. The van der Waals surface area contributed by atoms with Crippen molar-refractivity contribution in [1.29, 1.82) is 0 Å². The molecule has 198 valence electrons. The maximum atomic E-state index is 12.9. The first-order valence-corrected chi connectivity index (χ1v) is 13.9. The molecule has 11 heteroatoms. The molecule has 5 rings (SSSR count). The van der Waals surface area contributed by atoms with Crippen LogP contribution in [-0.2, 0) is 28.5 Å². The third kappa shape index (κ3) is 5.83. The predicted molar refractivity (Wildman–Crippen MR) is 133 cm³/mol. The van der Waals surface area contributed by atoms with Gasteiger partial charge in [0.2, 0.25) is 5.88 Å². The first-order valence-electron chi connectivity index (χ1n) is 12.4. The molecule has 1 aromatic heterocycles. The fourth-order valence-corrected chi connectivity index (χ4v) is 6.35. The van der Waals surface area contributed by atoms with E-state index in [0.29, 0.717) is 31.0 Å². The summed E-state index contributed by atoms with van der Waals surface area (Å²) in [6.07, 6.45) is 0.786. The van der Waals surface area contributed by atoms with Crippen LogP contribution in [0.25, 0.3) is 11.3 Å². The third-order valence-corrected chi connectivity index (χ3v) is 8.22. The number of aryl methyl sites for hydroxylation is 1. The summed E-state index contributed by atoms with van der Waals surface area (Å²) in [7, 11) is -3.65. The van der Waals surface area contributed by atoms with Gasteiger partial charge in [0.25, 0.3) is 10.2 Å². The van der Waals surface area contributed by atoms with Crippen LogP contribution in [0.5, 0.6) is 11.6 Å². The standard InChI is InChI=1S/C26H29F3N4O3S/c1-2-33-24(36-22-12-10-19(11-13-22)26(27,28)29)17-23(30-33)18-6-5-7-20(16-18)25(14-15-25)32-37(34,35)31-21-8-3-4-9-21/h5-7,10-13,16-17,21,31-32H,2-4,8-9,14-15H2,1H3. The minimum absolute atomic E-state index is 0.0132. The average Bonchev–Trinajstić information content (AvgIpc) is 3.24. The van der Waals surface area contributed by atoms with Gasteiger partial charge in [0.05, 0.1) is 16.8 Å². The number of alkyl halides is 3. The van der Waals surface area contributed by atoms with Crippen LogP contribution in [0.15, 0.2) is 54.6 Å². The number of hydrogen-bond donors (Lipinski definition) is 2.